The number of unbranched alkanes of at least 4 members (excludes halogenated alkanes) is 30. The molecule has 0 aromatic heterocycles. The van der Waals surface area contributed by atoms with Gasteiger partial charge in [-0.15, -0.1) is 0 Å². The van der Waals surface area contributed by atoms with Crippen molar-refractivity contribution in [3.05, 3.63) is 35.9 Å². The van der Waals surface area contributed by atoms with Crippen molar-refractivity contribution in [1.29, 1.82) is 0 Å². The second-order valence-electron chi connectivity index (χ2n) is 17.8. The highest BCUT2D eigenvalue weighted by Crippen LogP contribution is 2.30. The molecular formula is C53H94O6. The van der Waals surface area contributed by atoms with Crippen LogP contribution in [0.1, 0.15) is 225 Å². The number of rotatable bonds is 44. The van der Waals surface area contributed by atoms with Gasteiger partial charge in [0.05, 0.1) is 13.2 Å². The summed E-state index contributed by atoms with van der Waals surface area (Å²) in [6.07, 6.45) is 42.1. The Bertz CT molecular complexity index is 1200. The highest BCUT2D eigenvalue weighted by Gasteiger charge is 2.11. The molecule has 2 aromatic carbocycles. The number of aliphatic hydroxyl groups is 2. The third-order valence-electron chi connectivity index (χ3n) is 12.0. The smallest absolute Gasteiger partial charge is 0.122 e. The largest absolute Gasteiger partial charge is 0.491 e. The minimum atomic E-state index is -0.661. The molecule has 0 heterocycles. The maximum absolute atomic E-state index is 10.5. The fourth-order valence-corrected chi connectivity index (χ4v) is 8.11. The summed E-state index contributed by atoms with van der Waals surface area (Å²) in [5.74, 6) is 1.49. The number of aliphatic hydroxyl groups excluding tert-OH is 2. The summed E-state index contributed by atoms with van der Waals surface area (Å²) in [6, 6.07) is 9.93. The molecule has 342 valence electrons. The Labute approximate surface area is 364 Å². The zero-order valence-corrected chi connectivity index (χ0v) is 38.9. The molecule has 0 aliphatic carbocycles. The average molecular weight is 827 g/mol. The van der Waals surface area contributed by atoms with Crippen molar-refractivity contribution < 1.29 is 29.2 Å². The van der Waals surface area contributed by atoms with Crippen LogP contribution in [0.4, 0.5) is 0 Å². The van der Waals surface area contributed by atoms with Crippen LogP contribution in [-0.2, 0) is 9.47 Å². The van der Waals surface area contributed by atoms with E-state index in [2.05, 4.69) is 13.8 Å². The van der Waals surface area contributed by atoms with Gasteiger partial charge in [-0.3, -0.25) is 0 Å². The predicted octanol–water partition coefficient (Wildman–Crippen LogP) is 15.2. The molecule has 2 N–H and O–H groups in total. The number of ether oxygens (including phenoxy) is 4. The lowest BCUT2D eigenvalue weighted by Gasteiger charge is -2.16. The number of aryl methyl sites for hydroxylation is 1. The van der Waals surface area contributed by atoms with Crippen LogP contribution in [0, 0.1) is 6.92 Å². The molecule has 0 radical (unpaired) electrons. The molecule has 6 nitrogen and oxygen atoms in total. The van der Waals surface area contributed by atoms with Crippen molar-refractivity contribution in [3.8, 4) is 11.5 Å². The minimum absolute atomic E-state index is 0.198. The van der Waals surface area contributed by atoms with Gasteiger partial charge in [-0.05, 0) is 54.3 Å². The monoisotopic (exact) mass is 827 g/mol. The summed E-state index contributed by atoms with van der Waals surface area (Å²) < 4.78 is 23.4. The van der Waals surface area contributed by atoms with Gasteiger partial charge < -0.3 is 29.2 Å². The molecule has 0 amide bonds. The van der Waals surface area contributed by atoms with Gasteiger partial charge in [-0.25, -0.2) is 0 Å². The first kappa shape index (κ1) is 53.3. The van der Waals surface area contributed by atoms with Gasteiger partial charge in [0, 0.05) is 13.2 Å². The fourth-order valence-electron chi connectivity index (χ4n) is 8.11. The summed E-state index contributed by atoms with van der Waals surface area (Å²) in [6.45, 7) is 8.99. The lowest BCUT2D eigenvalue weighted by molar-refractivity contribution is 0.0108. The molecule has 2 unspecified atom stereocenters. The van der Waals surface area contributed by atoms with Gasteiger partial charge >= 0.3 is 0 Å². The third-order valence-corrected chi connectivity index (χ3v) is 12.0. The van der Waals surface area contributed by atoms with Crippen LogP contribution in [0.15, 0.2) is 30.3 Å². The van der Waals surface area contributed by atoms with Crippen molar-refractivity contribution >= 4 is 10.8 Å². The molecule has 0 saturated carbocycles. The summed E-state index contributed by atoms with van der Waals surface area (Å²) in [7, 11) is 0. The Morgan fingerprint density at radius 2 is 0.763 bits per heavy atom. The molecule has 0 saturated heterocycles. The maximum Gasteiger partial charge on any atom is 0.122 e. The topological polar surface area (TPSA) is 77.4 Å². The van der Waals surface area contributed by atoms with E-state index in [0.717, 1.165) is 40.7 Å². The summed E-state index contributed by atoms with van der Waals surface area (Å²) in [5.41, 5.74) is 1.03. The Morgan fingerprint density at radius 3 is 1.15 bits per heavy atom. The van der Waals surface area contributed by atoms with Gasteiger partial charge in [0.15, 0.2) is 0 Å². The van der Waals surface area contributed by atoms with Crippen molar-refractivity contribution in [3.63, 3.8) is 0 Å². The van der Waals surface area contributed by atoms with Gasteiger partial charge in [0.2, 0.25) is 0 Å². The lowest BCUT2D eigenvalue weighted by atomic mass is 10.0. The molecule has 0 spiro atoms. The Morgan fingerprint density at radius 1 is 0.407 bits per heavy atom. The van der Waals surface area contributed by atoms with Crippen molar-refractivity contribution in [2.24, 2.45) is 0 Å². The van der Waals surface area contributed by atoms with Crippen molar-refractivity contribution in [2.75, 3.05) is 39.6 Å². The van der Waals surface area contributed by atoms with Crippen LogP contribution in [0.2, 0.25) is 0 Å². The van der Waals surface area contributed by atoms with Crippen LogP contribution < -0.4 is 9.47 Å². The summed E-state index contributed by atoms with van der Waals surface area (Å²) in [4.78, 5) is 0. The van der Waals surface area contributed by atoms with Crippen molar-refractivity contribution in [2.45, 2.75) is 238 Å². The highest BCUT2D eigenvalue weighted by atomic mass is 16.5. The second-order valence-corrected chi connectivity index (χ2v) is 17.8. The van der Waals surface area contributed by atoms with Crippen LogP contribution in [0.25, 0.3) is 10.8 Å². The van der Waals surface area contributed by atoms with E-state index in [4.69, 9.17) is 18.9 Å². The zero-order valence-electron chi connectivity index (χ0n) is 38.9. The summed E-state index contributed by atoms with van der Waals surface area (Å²) in [5, 5.41) is 23.0. The predicted molar refractivity (Wildman–Crippen MR) is 252 cm³/mol. The standard InChI is InChI=1S/C53H94O6/c1-4-6-8-10-12-14-16-18-20-22-24-26-28-30-32-34-40-56-43-49(54)45-58-51-37-38-52-47(3)53(39-36-48(52)42-51)59-46-50(55)44-57-41-35-33-31-29-27-25-23-21-19-17-15-13-11-9-7-5-2/h36-39,42,49-50,54-55H,4-35,40-41,43-46H2,1-3H3. The van der Waals surface area contributed by atoms with E-state index in [0.29, 0.717) is 26.4 Å². The van der Waals surface area contributed by atoms with E-state index in [1.54, 1.807) is 0 Å². The second kappa shape index (κ2) is 39.0. The minimum Gasteiger partial charge on any atom is -0.491 e. The molecule has 2 rings (SSSR count). The zero-order chi connectivity index (χ0) is 42.3. The molecule has 6 heteroatoms. The molecule has 2 atom stereocenters. The number of hydrogen-bond donors (Lipinski definition) is 2. The molecule has 59 heavy (non-hydrogen) atoms. The quantitative estimate of drug-likeness (QED) is 0.0648. The van der Waals surface area contributed by atoms with Crippen LogP contribution in [0.3, 0.4) is 0 Å². The number of hydrogen-bond acceptors (Lipinski definition) is 6. The van der Waals surface area contributed by atoms with Crippen LogP contribution in [0.5, 0.6) is 11.5 Å². The van der Waals surface area contributed by atoms with E-state index < -0.39 is 12.2 Å². The van der Waals surface area contributed by atoms with E-state index >= 15 is 0 Å². The number of fused-ring (bicyclic) bond motifs is 1. The fraction of sp³-hybridized carbons (Fsp3) is 0.811. The van der Waals surface area contributed by atoms with E-state index in [1.807, 2.05) is 37.3 Å². The summed E-state index contributed by atoms with van der Waals surface area (Å²) >= 11 is 0. The SMILES string of the molecule is CCCCCCCCCCCCCCCCCCOCC(O)COc1ccc2c(C)c(OCC(O)COCCCCCCCCCCCCCCCCCC)ccc2c1. The maximum atomic E-state index is 10.5. The number of benzene rings is 2. The van der Waals surface area contributed by atoms with Gasteiger partial charge in [-0.2, -0.15) is 0 Å². The normalized spacial score (nSPS) is 12.7. The lowest BCUT2D eigenvalue weighted by Crippen LogP contribution is -2.24. The molecule has 0 bridgehead atoms. The molecule has 2 aromatic rings. The molecule has 0 aliphatic rings. The van der Waals surface area contributed by atoms with Gasteiger partial charge in [0.1, 0.15) is 36.9 Å². The van der Waals surface area contributed by atoms with Crippen LogP contribution >= 0.6 is 0 Å². The first-order chi connectivity index (χ1) is 29.0. The Balaban J connectivity index is 1.43. The van der Waals surface area contributed by atoms with E-state index in [9.17, 15) is 10.2 Å². The first-order valence-electron chi connectivity index (χ1n) is 25.4. The Hall–Kier alpha value is -1.86. The average Bonchev–Trinajstić information content (AvgIpc) is 3.24. The molecule has 0 fully saturated rings. The van der Waals surface area contributed by atoms with Crippen molar-refractivity contribution in [1.82, 2.24) is 0 Å². The molecule has 0 aliphatic heterocycles. The Kier molecular flexibility index (Phi) is 35.2. The van der Waals surface area contributed by atoms with Crippen LogP contribution in [-0.4, -0.2) is 62.1 Å². The first-order valence-corrected chi connectivity index (χ1v) is 25.4. The van der Waals surface area contributed by atoms with E-state index in [-0.39, 0.29) is 13.2 Å². The highest BCUT2D eigenvalue weighted by molar-refractivity contribution is 5.88. The van der Waals surface area contributed by atoms with Gasteiger partial charge in [0.25, 0.3) is 0 Å². The van der Waals surface area contributed by atoms with E-state index in [1.165, 1.54) is 193 Å². The third kappa shape index (κ3) is 29.9. The molecular weight excluding hydrogens is 733 g/mol. The van der Waals surface area contributed by atoms with Gasteiger partial charge in [-0.1, -0.05) is 219 Å².